The molecule has 2 unspecified atom stereocenters. The third kappa shape index (κ3) is 2.44. The molecule has 0 radical (unpaired) electrons. The summed E-state index contributed by atoms with van der Waals surface area (Å²) in [6, 6.07) is 3.33. The van der Waals surface area contributed by atoms with Crippen molar-refractivity contribution in [1.29, 1.82) is 0 Å². The van der Waals surface area contributed by atoms with Crippen LogP contribution in [0.1, 0.15) is 24.2 Å². The summed E-state index contributed by atoms with van der Waals surface area (Å²) in [6.45, 7) is 6.04. The van der Waals surface area contributed by atoms with Gasteiger partial charge in [-0.15, -0.1) is 0 Å². The molecule has 1 aromatic rings. The summed E-state index contributed by atoms with van der Waals surface area (Å²) in [5.74, 6) is -0.300. The number of aliphatic hydroxyl groups excluding tert-OH is 1. The van der Waals surface area contributed by atoms with E-state index >= 15 is 0 Å². The molecule has 0 saturated carbocycles. The molecule has 0 aromatic heterocycles. The maximum atomic E-state index is 13.8. The number of rotatable bonds is 2. The van der Waals surface area contributed by atoms with E-state index in [4.69, 9.17) is 0 Å². The van der Waals surface area contributed by atoms with Crippen LogP contribution >= 0.6 is 0 Å². The summed E-state index contributed by atoms with van der Waals surface area (Å²) in [5, 5.41) is 12.8. The number of piperazine rings is 1. The number of fused-ring (bicyclic) bond motifs is 1. The zero-order chi connectivity index (χ0) is 15.1. The van der Waals surface area contributed by atoms with Crippen LogP contribution in [0.5, 0.6) is 0 Å². The highest BCUT2D eigenvalue weighted by Gasteiger charge is 2.36. The Morgan fingerprint density at radius 3 is 2.90 bits per heavy atom. The van der Waals surface area contributed by atoms with Gasteiger partial charge in [0, 0.05) is 37.4 Å². The van der Waals surface area contributed by atoms with Gasteiger partial charge in [0.05, 0.1) is 12.1 Å². The number of halogens is 1. The van der Waals surface area contributed by atoms with Gasteiger partial charge >= 0.3 is 6.03 Å². The third-order valence-corrected chi connectivity index (χ3v) is 4.33. The minimum atomic E-state index is -0.725. The molecule has 2 aliphatic rings. The Bertz CT molecular complexity index is 576. The molecule has 2 heterocycles. The summed E-state index contributed by atoms with van der Waals surface area (Å²) in [7, 11) is 0. The van der Waals surface area contributed by atoms with Crippen molar-refractivity contribution in [2.45, 2.75) is 26.0 Å². The molecule has 3 rings (SSSR count). The molecule has 0 bridgehead atoms. The number of carbonyl (C=O) groups is 1. The van der Waals surface area contributed by atoms with Crippen molar-refractivity contribution in [1.82, 2.24) is 10.2 Å². The van der Waals surface area contributed by atoms with Crippen molar-refractivity contribution < 1.29 is 14.3 Å². The average Bonchev–Trinajstić information content (AvgIpc) is 2.82. The zero-order valence-corrected chi connectivity index (χ0v) is 12.3. The molecule has 2 saturated heterocycles. The van der Waals surface area contributed by atoms with E-state index in [2.05, 4.69) is 10.2 Å². The lowest BCUT2D eigenvalue weighted by molar-refractivity contribution is 0.193. The fraction of sp³-hybridized carbons (Fsp3) is 0.533. The molecule has 2 N–H and O–H groups in total. The van der Waals surface area contributed by atoms with Gasteiger partial charge in [-0.25, -0.2) is 9.18 Å². The van der Waals surface area contributed by atoms with Crippen LogP contribution in [0.25, 0.3) is 0 Å². The van der Waals surface area contributed by atoms with Crippen molar-refractivity contribution in [2.75, 3.05) is 31.1 Å². The molecule has 0 aliphatic carbocycles. The van der Waals surface area contributed by atoms with E-state index in [9.17, 15) is 14.3 Å². The first-order valence-electron chi connectivity index (χ1n) is 7.25. The number of urea groups is 1. The summed E-state index contributed by atoms with van der Waals surface area (Å²) in [4.78, 5) is 15.6. The van der Waals surface area contributed by atoms with Crippen LogP contribution in [-0.2, 0) is 0 Å². The minimum absolute atomic E-state index is 0.00862. The Labute approximate surface area is 123 Å². The number of hydrogen-bond donors (Lipinski definition) is 2. The van der Waals surface area contributed by atoms with E-state index in [0.717, 1.165) is 5.69 Å². The summed E-state index contributed by atoms with van der Waals surface area (Å²) < 4.78 is 13.8. The SMILES string of the molecule is Cc1cc(N2CCN3C(=O)NCC3C2)c(C(C)O)cc1F. The predicted molar refractivity (Wildman–Crippen MR) is 77.9 cm³/mol. The molecule has 2 amide bonds. The highest BCUT2D eigenvalue weighted by Crippen LogP contribution is 2.31. The molecule has 2 aliphatic heterocycles. The maximum absolute atomic E-state index is 13.8. The second-order valence-corrected chi connectivity index (χ2v) is 5.82. The fourth-order valence-corrected chi connectivity index (χ4v) is 3.11. The molecule has 2 atom stereocenters. The molecule has 5 nitrogen and oxygen atoms in total. The Balaban J connectivity index is 1.90. The lowest BCUT2D eigenvalue weighted by Gasteiger charge is -2.39. The second kappa shape index (κ2) is 5.18. The predicted octanol–water partition coefficient (Wildman–Crippen LogP) is 1.40. The van der Waals surface area contributed by atoms with Crippen molar-refractivity contribution in [2.24, 2.45) is 0 Å². The van der Waals surface area contributed by atoms with Gasteiger partial charge in [-0.1, -0.05) is 0 Å². The smallest absolute Gasteiger partial charge is 0.317 e. The lowest BCUT2D eigenvalue weighted by Crippen LogP contribution is -2.52. The number of amides is 2. The van der Waals surface area contributed by atoms with E-state index in [-0.39, 0.29) is 17.9 Å². The van der Waals surface area contributed by atoms with E-state index < -0.39 is 6.10 Å². The first-order valence-corrected chi connectivity index (χ1v) is 7.25. The number of aryl methyl sites for hydroxylation is 1. The van der Waals surface area contributed by atoms with E-state index in [0.29, 0.717) is 37.3 Å². The molecule has 6 heteroatoms. The van der Waals surface area contributed by atoms with Gasteiger partial charge in [-0.3, -0.25) is 0 Å². The number of benzene rings is 1. The van der Waals surface area contributed by atoms with Gasteiger partial charge in [0.15, 0.2) is 0 Å². The van der Waals surface area contributed by atoms with E-state index in [1.807, 2.05) is 4.90 Å². The standard InChI is InChI=1S/C15H20FN3O2/c1-9-5-14(12(10(2)20)6-13(9)16)18-3-4-19-11(8-18)7-17-15(19)21/h5-6,10-11,20H,3-4,7-8H2,1-2H3,(H,17,21). The van der Waals surface area contributed by atoms with Gasteiger partial charge in [0.1, 0.15) is 5.82 Å². The van der Waals surface area contributed by atoms with Crippen LogP contribution in [0.2, 0.25) is 0 Å². The third-order valence-electron chi connectivity index (χ3n) is 4.33. The fourth-order valence-electron chi connectivity index (χ4n) is 3.11. The first kappa shape index (κ1) is 14.1. The number of aliphatic hydroxyl groups is 1. The zero-order valence-electron chi connectivity index (χ0n) is 12.3. The van der Waals surface area contributed by atoms with E-state index in [1.54, 1.807) is 19.9 Å². The molecule has 114 valence electrons. The molecule has 0 spiro atoms. The topological polar surface area (TPSA) is 55.8 Å². The second-order valence-electron chi connectivity index (χ2n) is 5.82. The number of carbonyl (C=O) groups excluding carboxylic acids is 1. The molecule has 2 fully saturated rings. The quantitative estimate of drug-likeness (QED) is 0.866. The summed E-state index contributed by atoms with van der Waals surface area (Å²) in [5.41, 5.74) is 2.03. The number of nitrogens with one attached hydrogen (secondary N) is 1. The van der Waals surface area contributed by atoms with Crippen molar-refractivity contribution >= 4 is 11.7 Å². The number of nitrogens with zero attached hydrogens (tertiary/aromatic N) is 2. The van der Waals surface area contributed by atoms with Crippen LogP contribution in [0.15, 0.2) is 12.1 Å². The van der Waals surface area contributed by atoms with Crippen molar-refractivity contribution in [3.8, 4) is 0 Å². The highest BCUT2D eigenvalue weighted by molar-refractivity contribution is 5.77. The lowest BCUT2D eigenvalue weighted by atomic mass is 10.0. The Kier molecular flexibility index (Phi) is 3.49. The Morgan fingerprint density at radius 1 is 1.43 bits per heavy atom. The monoisotopic (exact) mass is 293 g/mol. The van der Waals surface area contributed by atoms with Crippen molar-refractivity contribution in [3.05, 3.63) is 29.1 Å². The number of anilines is 1. The molecule has 1 aromatic carbocycles. The summed E-state index contributed by atoms with van der Waals surface area (Å²) >= 11 is 0. The van der Waals surface area contributed by atoms with Crippen molar-refractivity contribution in [3.63, 3.8) is 0 Å². The van der Waals surface area contributed by atoms with Crippen LogP contribution < -0.4 is 10.2 Å². The largest absolute Gasteiger partial charge is 0.389 e. The average molecular weight is 293 g/mol. The minimum Gasteiger partial charge on any atom is -0.389 e. The Hall–Kier alpha value is -1.82. The first-order chi connectivity index (χ1) is 9.97. The highest BCUT2D eigenvalue weighted by atomic mass is 19.1. The number of hydrogen-bond acceptors (Lipinski definition) is 3. The van der Waals surface area contributed by atoms with Crippen LogP contribution in [0.3, 0.4) is 0 Å². The molecule has 21 heavy (non-hydrogen) atoms. The van der Waals surface area contributed by atoms with Crippen LogP contribution in [0, 0.1) is 12.7 Å². The summed E-state index contributed by atoms with van der Waals surface area (Å²) in [6.07, 6.45) is -0.725. The van der Waals surface area contributed by atoms with E-state index in [1.165, 1.54) is 6.07 Å². The van der Waals surface area contributed by atoms with Crippen LogP contribution in [-0.4, -0.2) is 48.3 Å². The maximum Gasteiger partial charge on any atom is 0.317 e. The molecular formula is C15H20FN3O2. The van der Waals surface area contributed by atoms with Gasteiger partial charge in [0.25, 0.3) is 0 Å². The normalized spacial score (nSPS) is 23.0. The van der Waals surface area contributed by atoms with Gasteiger partial charge in [0.2, 0.25) is 0 Å². The Morgan fingerprint density at radius 2 is 2.19 bits per heavy atom. The van der Waals surface area contributed by atoms with Gasteiger partial charge in [-0.2, -0.15) is 0 Å². The molecular weight excluding hydrogens is 273 g/mol. The van der Waals surface area contributed by atoms with Gasteiger partial charge in [-0.05, 0) is 31.5 Å². The van der Waals surface area contributed by atoms with Gasteiger partial charge < -0.3 is 20.2 Å². The van der Waals surface area contributed by atoms with Crippen LogP contribution in [0.4, 0.5) is 14.9 Å².